The predicted octanol–water partition coefficient (Wildman–Crippen LogP) is 2.03. The highest BCUT2D eigenvalue weighted by molar-refractivity contribution is 5.54. The highest BCUT2D eigenvalue weighted by Crippen LogP contribution is 2.18. The first-order chi connectivity index (χ1) is 7.24. The number of benzene rings is 1. The summed E-state index contributed by atoms with van der Waals surface area (Å²) in [6.45, 7) is 0.326. The molecule has 0 spiro atoms. The van der Waals surface area contributed by atoms with E-state index >= 15 is 0 Å². The van der Waals surface area contributed by atoms with E-state index in [0.29, 0.717) is 24.2 Å². The largest absolute Gasteiger partial charge is 0.507 e. The van der Waals surface area contributed by atoms with Crippen LogP contribution in [0.15, 0.2) is 23.3 Å². The highest BCUT2D eigenvalue weighted by Gasteiger charge is 1.96. The standard InChI is InChI=1S/C10H10N4O/c11-9-4-5-10(15)8(7-9)3-1-2-6-13-14-12/h4-5,7,15H,2,6,11H2. The lowest BCUT2D eigenvalue weighted by Crippen LogP contribution is -1.85. The molecule has 0 heterocycles. The van der Waals surface area contributed by atoms with Crippen LogP contribution in [0.2, 0.25) is 0 Å². The molecule has 5 heteroatoms. The summed E-state index contributed by atoms with van der Waals surface area (Å²) in [5.41, 5.74) is 14.6. The summed E-state index contributed by atoms with van der Waals surface area (Å²) in [6.07, 6.45) is 0.457. The molecule has 15 heavy (non-hydrogen) atoms. The monoisotopic (exact) mass is 202 g/mol. The van der Waals surface area contributed by atoms with Crippen molar-refractivity contribution >= 4 is 5.69 Å². The average Bonchev–Trinajstić information content (AvgIpc) is 2.23. The molecular formula is C10H10N4O. The molecule has 0 aliphatic carbocycles. The van der Waals surface area contributed by atoms with Gasteiger partial charge in [0.05, 0.1) is 5.56 Å². The Morgan fingerprint density at radius 2 is 2.33 bits per heavy atom. The fraction of sp³-hybridized carbons (Fsp3) is 0.200. The van der Waals surface area contributed by atoms with Crippen LogP contribution in [0.4, 0.5) is 5.69 Å². The van der Waals surface area contributed by atoms with Crippen molar-refractivity contribution in [3.63, 3.8) is 0 Å². The number of anilines is 1. The third-order valence-corrected chi connectivity index (χ3v) is 1.64. The van der Waals surface area contributed by atoms with Crippen molar-refractivity contribution < 1.29 is 5.11 Å². The van der Waals surface area contributed by atoms with Gasteiger partial charge in [0.25, 0.3) is 0 Å². The van der Waals surface area contributed by atoms with E-state index in [9.17, 15) is 5.11 Å². The van der Waals surface area contributed by atoms with Gasteiger partial charge in [-0.1, -0.05) is 17.0 Å². The quantitative estimate of drug-likeness (QED) is 0.146. The van der Waals surface area contributed by atoms with Crippen molar-refractivity contribution in [2.75, 3.05) is 12.3 Å². The molecule has 0 saturated carbocycles. The van der Waals surface area contributed by atoms with Gasteiger partial charge in [0.15, 0.2) is 0 Å². The molecule has 1 aromatic rings. The molecule has 5 nitrogen and oxygen atoms in total. The van der Waals surface area contributed by atoms with Gasteiger partial charge in [0.2, 0.25) is 0 Å². The maximum Gasteiger partial charge on any atom is 0.131 e. The molecule has 76 valence electrons. The number of nitrogens with zero attached hydrogens (tertiary/aromatic N) is 3. The van der Waals surface area contributed by atoms with Gasteiger partial charge in [-0.25, -0.2) is 0 Å². The number of hydrogen-bond donors (Lipinski definition) is 2. The van der Waals surface area contributed by atoms with Crippen molar-refractivity contribution in [1.29, 1.82) is 0 Å². The maximum atomic E-state index is 9.40. The van der Waals surface area contributed by atoms with E-state index in [2.05, 4.69) is 21.9 Å². The summed E-state index contributed by atoms with van der Waals surface area (Å²) in [5, 5.41) is 12.7. The third-order valence-electron chi connectivity index (χ3n) is 1.64. The molecule has 3 N–H and O–H groups in total. The molecule has 0 fully saturated rings. The Hall–Kier alpha value is -2.31. The summed E-state index contributed by atoms with van der Waals surface area (Å²) >= 11 is 0. The Bertz CT molecular complexity index is 452. The van der Waals surface area contributed by atoms with Crippen molar-refractivity contribution in [2.45, 2.75) is 6.42 Å². The molecule has 0 radical (unpaired) electrons. The number of aromatic hydroxyl groups is 1. The zero-order valence-corrected chi connectivity index (χ0v) is 8.01. The lowest BCUT2D eigenvalue weighted by atomic mass is 10.2. The molecule has 0 atom stereocenters. The van der Waals surface area contributed by atoms with Gasteiger partial charge in [0.1, 0.15) is 5.75 Å². The minimum Gasteiger partial charge on any atom is -0.507 e. The van der Waals surface area contributed by atoms with Crippen LogP contribution >= 0.6 is 0 Å². The van der Waals surface area contributed by atoms with Crippen molar-refractivity contribution in [3.8, 4) is 17.6 Å². The summed E-state index contributed by atoms with van der Waals surface area (Å²) in [5.74, 6) is 5.62. The van der Waals surface area contributed by atoms with Gasteiger partial charge in [-0.2, -0.15) is 0 Å². The Kier molecular flexibility index (Phi) is 3.90. The van der Waals surface area contributed by atoms with E-state index in [1.807, 2.05) is 0 Å². The van der Waals surface area contributed by atoms with Gasteiger partial charge in [-0.15, -0.1) is 0 Å². The molecule has 0 aromatic heterocycles. The molecular weight excluding hydrogens is 192 g/mol. The SMILES string of the molecule is [N-]=[N+]=NCCC#Cc1cc(N)ccc1O. The average molecular weight is 202 g/mol. The molecule has 0 bridgehead atoms. The van der Waals surface area contributed by atoms with Crippen molar-refractivity contribution in [2.24, 2.45) is 5.11 Å². The Morgan fingerprint density at radius 1 is 1.53 bits per heavy atom. The van der Waals surface area contributed by atoms with Gasteiger partial charge in [-0.3, -0.25) is 0 Å². The van der Waals surface area contributed by atoms with Crippen LogP contribution in [0.5, 0.6) is 5.75 Å². The van der Waals surface area contributed by atoms with Crippen LogP contribution in [0, 0.1) is 11.8 Å². The lowest BCUT2D eigenvalue weighted by molar-refractivity contribution is 0.474. The minimum absolute atomic E-state index is 0.0977. The Balaban J connectivity index is 2.70. The van der Waals surface area contributed by atoms with Gasteiger partial charge in [0, 0.05) is 23.6 Å². The van der Waals surface area contributed by atoms with E-state index in [-0.39, 0.29) is 5.75 Å². The number of azide groups is 1. The van der Waals surface area contributed by atoms with Gasteiger partial charge in [-0.05, 0) is 23.7 Å². The van der Waals surface area contributed by atoms with Crippen LogP contribution in [0.1, 0.15) is 12.0 Å². The van der Waals surface area contributed by atoms with E-state index in [1.165, 1.54) is 6.07 Å². The second-order valence-corrected chi connectivity index (χ2v) is 2.78. The van der Waals surface area contributed by atoms with E-state index in [1.54, 1.807) is 12.1 Å². The van der Waals surface area contributed by atoms with Crippen LogP contribution in [0.3, 0.4) is 0 Å². The first-order valence-corrected chi connectivity index (χ1v) is 4.32. The molecule has 0 aliphatic heterocycles. The zero-order chi connectivity index (χ0) is 11.1. The molecule has 0 unspecified atom stereocenters. The highest BCUT2D eigenvalue weighted by atomic mass is 16.3. The molecule has 1 rings (SSSR count). The second-order valence-electron chi connectivity index (χ2n) is 2.78. The van der Waals surface area contributed by atoms with Crippen molar-refractivity contribution in [1.82, 2.24) is 0 Å². The predicted molar refractivity (Wildman–Crippen MR) is 58.0 cm³/mol. The molecule has 0 aliphatic rings. The summed E-state index contributed by atoms with van der Waals surface area (Å²) in [6, 6.07) is 4.68. The number of phenolic OH excluding ortho intramolecular Hbond substituents is 1. The van der Waals surface area contributed by atoms with Crippen molar-refractivity contribution in [3.05, 3.63) is 34.2 Å². The Labute approximate surface area is 87.2 Å². The Morgan fingerprint density at radius 3 is 3.07 bits per heavy atom. The van der Waals surface area contributed by atoms with E-state index < -0.39 is 0 Å². The number of nitrogen functional groups attached to an aromatic ring is 1. The zero-order valence-electron chi connectivity index (χ0n) is 8.01. The topological polar surface area (TPSA) is 95.0 Å². The smallest absolute Gasteiger partial charge is 0.131 e. The summed E-state index contributed by atoms with van der Waals surface area (Å²) in [7, 11) is 0. The number of hydrogen-bond acceptors (Lipinski definition) is 3. The maximum absolute atomic E-state index is 9.40. The van der Waals surface area contributed by atoms with Crippen LogP contribution < -0.4 is 5.73 Å². The number of phenols is 1. The second kappa shape index (κ2) is 5.43. The van der Waals surface area contributed by atoms with Gasteiger partial charge >= 0.3 is 0 Å². The molecule has 1 aromatic carbocycles. The first-order valence-electron chi connectivity index (χ1n) is 4.32. The third kappa shape index (κ3) is 3.51. The summed E-state index contributed by atoms with van der Waals surface area (Å²) in [4.78, 5) is 2.60. The van der Waals surface area contributed by atoms with E-state index in [4.69, 9.17) is 11.3 Å². The number of rotatable bonds is 2. The minimum atomic E-state index is 0.0977. The molecule has 0 saturated heterocycles. The summed E-state index contributed by atoms with van der Waals surface area (Å²) < 4.78 is 0. The van der Waals surface area contributed by atoms with Crippen LogP contribution in [0.25, 0.3) is 10.4 Å². The van der Waals surface area contributed by atoms with Crippen LogP contribution in [-0.4, -0.2) is 11.7 Å². The van der Waals surface area contributed by atoms with Crippen LogP contribution in [-0.2, 0) is 0 Å². The fourth-order valence-electron chi connectivity index (χ4n) is 0.962. The molecule has 0 amide bonds. The lowest BCUT2D eigenvalue weighted by Gasteiger charge is -1.97. The van der Waals surface area contributed by atoms with Gasteiger partial charge < -0.3 is 10.8 Å². The first kappa shape index (κ1) is 10.8. The fourth-order valence-corrected chi connectivity index (χ4v) is 0.962. The normalized spacial score (nSPS) is 8.53. The van der Waals surface area contributed by atoms with E-state index in [0.717, 1.165) is 0 Å². The number of nitrogens with two attached hydrogens (primary N) is 1.